The van der Waals surface area contributed by atoms with Crippen molar-refractivity contribution >= 4 is 11.0 Å². The Morgan fingerprint density at radius 2 is 1.79 bits per heavy atom. The van der Waals surface area contributed by atoms with Crippen LogP contribution in [0, 0.1) is 31.3 Å². The van der Waals surface area contributed by atoms with E-state index in [-0.39, 0.29) is 16.9 Å². The number of halogens is 3. The van der Waals surface area contributed by atoms with Crippen LogP contribution in [-0.4, -0.2) is 26.4 Å². The van der Waals surface area contributed by atoms with Crippen molar-refractivity contribution in [1.29, 1.82) is 0 Å². The van der Waals surface area contributed by atoms with Gasteiger partial charge in [0.25, 0.3) is 0 Å². The molecule has 4 rings (SSSR count). The minimum absolute atomic E-state index is 0.130. The highest BCUT2D eigenvalue weighted by Gasteiger charge is 2.26. The molecule has 0 aliphatic carbocycles. The second-order valence-corrected chi connectivity index (χ2v) is 6.53. The first-order chi connectivity index (χ1) is 13.3. The monoisotopic (exact) mass is 386 g/mol. The molecule has 4 aromatic rings. The maximum absolute atomic E-state index is 15.1. The van der Waals surface area contributed by atoms with Crippen LogP contribution in [0.1, 0.15) is 11.3 Å². The average molecular weight is 386 g/mol. The zero-order chi connectivity index (χ0) is 20.2. The summed E-state index contributed by atoms with van der Waals surface area (Å²) in [6.45, 7) is 3.20. The van der Waals surface area contributed by atoms with Gasteiger partial charge in [0, 0.05) is 24.7 Å². The molecule has 0 atom stereocenters. The molecule has 0 aliphatic rings. The Labute approximate surface area is 159 Å². The summed E-state index contributed by atoms with van der Waals surface area (Å²) in [6, 6.07) is 5.33. The van der Waals surface area contributed by atoms with Gasteiger partial charge in [-0.15, -0.1) is 0 Å². The van der Waals surface area contributed by atoms with Gasteiger partial charge in [-0.1, -0.05) is 0 Å². The molecule has 0 N–H and O–H groups in total. The van der Waals surface area contributed by atoms with E-state index < -0.39 is 17.5 Å². The maximum Gasteiger partial charge on any atom is 0.144 e. The number of aryl methyl sites for hydroxylation is 2. The molecule has 8 heteroatoms. The van der Waals surface area contributed by atoms with E-state index >= 15 is 4.39 Å². The topological polar surface area (TPSA) is 44.9 Å². The van der Waals surface area contributed by atoms with Crippen molar-refractivity contribution in [3.8, 4) is 22.7 Å². The third kappa shape index (κ3) is 2.56. The van der Waals surface area contributed by atoms with Crippen molar-refractivity contribution in [2.45, 2.75) is 13.8 Å². The number of rotatable bonds is 3. The first kappa shape index (κ1) is 18.1. The van der Waals surface area contributed by atoms with Crippen LogP contribution in [0.25, 0.3) is 28.0 Å². The summed E-state index contributed by atoms with van der Waals surface area (Å²) < 4.78 is 51.8. The molecular weight excluding hydrogens is 369 g/mol. The fourth-order valence-corrected chi connectivity index (χ4v) is 3.51. The number of fused-ring (bicyclic) bond motifs is 1. The van der Waals surface area contributed by atoms with Crippen LogP contribution in [0.4, 0.5) is 13.2 Å². The van der Waals surface area contributed by atoms with E-state index in [1.807, 2.05) is 0 Å². The van der Waals surface area contributed by atoms with Crippen LogP contribution >= 0.6 is 0 Å². The molecule has 2 aromatic carbocycles. The van der Waals surface area contributed by atoms with Crippen LogP contribution in [0.15, 0.2) is 30.6 Å². The van der Waals surface area contributed by atoms with Crippen LogP contribution in [-0.2, 0) is 7.05 Å². The van der Waals surface area contributed by atoms with Gasteiger partial charge in [0.2, 0.25) is 0 Å². The third-order valence-electron chi connectivity index (χ3n) is 4.81. The lowest BCUT2D eigenvalue weighted by Crippen LogP contribution is -2.05. The van der Waals surface area contributed by atoms with E-state index in [0.29, 0.717) is 28.1 Å². The smallest absolute Gasteiger partial charge is 0.144 e. The van der Waals surface area contributed by atoms with Crippen molar-refractivity contribution in [2.24, 2.45) is 7.05 Å². The average Bonchev–Trinajstić information content (AvgIpc) is 3.18. The number of aromatic nitrogens is 4. The Morgan fingerprint density at radius 3 is 2.50 bits per heavy atom. The Balaban J connectivity index is 2.05. The largest absolute Gasteiger partial charge is 0.496 e. The number of imidazole rings is 1. The lowest BCUT2D eigenvalue weighted by molar-refractivity contribution is 0.403. The van der Waals surface area contributed by atoms with Crippen LogP contribution in [0.2, 0.25) is 0 Å². The van der Waals surface area contributed by atoms with Crippen LogP contribution in [0.3, 0.4) is 0 Å². The highest BCUT2D eigenvalue weighted by Crippen LogP contribution is 2.38. The van der Waals surface area contributed by atoms with Crippen LogP contribution in [0.5, 0.6) is 5.75 Å². The Morgan fingerprint density at radius 1 is 1.04 bits per heavy atom. The van der Waals surface area contributed by atoms with Crippen molar-refractivity contribution in [3.63, 3.8) is 0 Å². The fourth-order valence-electron chi connectivity index (χ4n) is 3.51. The molecule has 0 amide bonds. The Bertz CT molecular complexity index is 1230. The Kier molecular flexibility index (Phi) is 4.14. The van der Waals surface area contributed by atoms with Crippen molar-refractivity contribution in [1.82, 2.24) is 19.3 Å². The summed E-state index contributed by atoms with van der Waals surface area (Å²) >= 11 is 0. The minimum atomic E-state index is -0.757. The molecule has 0 saturated heterocycles. The molecular formula is C20H17F3N4O. The van der Waals surface area contributed by atoms with Gasteiger partial charge < -0.3 is 4.74 Å². The summed E-state index contributed by atoms with van der Waals surface area (Å²) in [5.74, 6) is -1.33. The van der Waals surface area contributed by atoms with Gasteiger partial charge in [0.1, 0.15) is 35.3 Å². The normalized spacial score (nSPS) is 11.4. The van der Waals surface area contributed by atoms with E-state index in [1.165, 1.54) is 37.2 Å². The molecule has 0 radical (unpaired) electrons. The van der Waals surface area contributed by atoms with E-state index in [4.69, 9.17) is 4.74 Å². The van der Waals surface area contributed by atoms with Gasteiger partial charge in [-0.05, 0) is 26.0 Å². The highest BCUT2D eigenvalue weighted by molar-refractivity contribution is 5.82. The minimum Gasteiger partial charge on any atom is -0.496 e. The third-order valence-corrected chi connectivity index (χ3v) is 4.81. The number of hydrogen-bond donors (Lipinski definition) is 0. The molecule has 0 fully saturated rings. The molecule has 0 spiro atoms. The predicted molar refractivity (Wildman–Crippen MR) is 99.2 cm³/mol. The number of hydrogen-bond acceptors (Lipinski definition) is 3. The number of ether oxygens (including phenoxy) is 1. The number of benzene rings is 2. The molecule has 0 aliphatic heterocycles. The molecule has 0 saturated carbocycles. The van der Waals surface area contributed by atoms with Gasteiger partial charge in [0.05, 0.1) is 35.0 Å². The summed E-state index contributed by atoms with van der Waals surface area (Å²) in [7, 11) is 3.03. The zero-order valence-electron chi connectivity index (χ0n) is 15.7. The summed E-state index contributed by atoms with van der Waals surface area (Å²) in [6.07, 6.45) is 1.48. The molecule has 0 unspecified atom stereocenters. The standard InChI is InChI=1S/C20H17F3N4O/c1-10-16(28-4)8-13(22)18(19(10)23)17-11(2)25-26(3)20(17)27-9-24-14-7-12(21)5-6-15(14)27/h5-9H,1-4H3. The first-order valence-electron chi connectivity index (χ1n) is 8.53. The summed E-state index contributed by atoms with van der Waals surface area (Å²) in [5.41, 5.74) is 1.78. The lowest BCUT2D eigenvalue weighted by Gasteiger charge is -2.14. The van der Waals surface area contributed by atoms with Crippen molar-refractivity contribution < 1.29 is 17.9 Å². The van der Waals surface area contributed by atoms with Gasteiger partial charge in [-0.2, -0.15) is 5.10 Å². The molecule has 2 heterocycles. The molecule has 2 aromatic heterocycles. The zero-order valence-corrected chi connectivity index (χ0v) is 15.7. The van der Waals surface area contributed by atoms with E-state index in [0.717, 1.165) is 6.07 Å². The maximum atomic E-state index is 15.1. The van der Waals surface area contributed by atoms with Crippen LogP contribution < -0.4 is 4.74 Å². The molecule has 0 bridgehead atoms. The second-order valence-electron chi connectivity index (χ2n) is 6.53. The van der Waals surface area contributed by atoms with E-state index in [1.54, 1.807) is 24.6 Å². The number of nitrogens with zero attached hydrogens (tertiary/aromatic N) is 4. The molecule has 5 nitrogen and oxygen atoms in total. The number of methoxy groups -OCH3 is 1. The quantitative estimate of drug-likeness (QED) is 0.522. The van der Waals surface area contributed by atoms with E-state index in [2.05, 4.69) is 10.1 Å². The first-order valence-corrected chi connectivity index (χ1v) is 8.53. The molecule has 28 heavy (non-hydrogen) atoms. The lowest BCUT2D eigenvalue weighted by atomic mass is 10.0. The second kappa shape index (κ2) is 6.40. The molecule has 144 valence electrons. The summed E-state index contributed by atoms with van der Waals surface area (Å²) in [4.78, 5) is 4.21. The van der Waals surface area contributed by atoms with E-state index in [9.17, 15) is 8.78 Å². The van der Waals surface area contributed by atoms with Crippen molar-refractivity contribution in [2.75, 3.05) is 7.11 Å². The van der Waals surface area contributed by atoms with Gasteiger partial charge in [0.15, 0.2) is 0 Å². The van der Waals surface area contributed by atoms with Gasteiger partial charge >= 0.3 is 0 Å². The predicted octanol–water partition coefficient (Wildman–Crippen LogP) is 4.47. The fraction of sp³-hybridized carbons (Fsp3) is 0.200. The van der Waals surface area contributed by atoms with Crippen molar-refractivity contribution in [3.05, 3.63) is 59.3 Å². The SMILES string of the molecule is COc1cc(F)c(-c2c(C)nn(C)c2-n2cnc3cc(F)ccc32)c(F)c1C. The summed E-state index contributed by atoms with van der Waals surface area (Å²) in [5, 5.41) is 4.35. The highest BCUT2D eigenvalue weighted by atomic mass is 19.1. The van der Waals surface area contributed by atoms with Gasteiger partial charge in [-0.25, -0.2) is 18.2 Å². The Hall–Kier alpha value is -3.29. The van der Waals surface area contributed by atoms with Gasteiger partial charge in [-0.3, -0.25) is 9.25 Å².